The summed E-state index contributed by atoms with van der Waals surface area (Å²) in [5, 5.41) is 0. The maximum absolute atomic E-state index is 2.40. The Morgan fingerprint density at radius 2 is 1.38 bits per heavy atom. The zero-order chi connectivity index (χ0) is 14.8. The maximum atomic E-state index is 2.40. The molecule has 21 heavy (non-hydrogen) atoms. The minimum Gasteiger partial charge on any atom is -0.348 e. The van der Waals surface area contributed by atoms with Crippen molar-refractivity contribution >= 4 is 5.69 Å². The summed E-state index contributed by atoms with van der Waals surface area (Å²) in [6, 6.07) is 5.23. The van der Waals surface area contributed by atoms with Crippen LogP contribution < -0.4 is 4.90 Å². The molecule has 0 unspecified atom stereocenters. The zero-order valence-electron chi connectivity index (χ0n) is 13.5. The van der Waals surface area contributed by atoms with E-state index in [4.69, 9.17) is 0 Å². The molecule has 112 valence electrons. The predicted molar refractivity (Wildman–Crippen MR) is 90.1 cm³/mol. The lowest BCUT2D eigenvalue weighted by atomic mass is 9.94. The molecule has 0 N–H and O–H groups in total. The summed E-state index contributed by atoms with van der Waals surface area (Å²) in [5.41, 5.74) is 5.33. The Bertz CT molecular complexity index is 528. The summed E-state index contributed by atoms with van der Waals surface area (Å²) in [4.78, 5) is 4.65. The summed E-state index contributed by atoms with van der Waals surface area (Å²) in [6.07, 6.45) is 15.7. The number of rotatable bonds is 2. The summed E-state index contributed by atoms with van der Waals surface area (Å²) in [7, 11) is 0. The van der Waals surface area contributed by atoms with Crippen LogP contribution in [0.4, 0.5) is 5.69 Å². The van der Waals surface area contributed by atoms with E-state index in [1.165, 1.54) is 54.5 Å². The van der Waals surface area contributed by atoms with Crippen LogP contribution >= 0.6 is 0 Å². The van der Waals surface area contributed by atoms with Gasteiger partial charge in [0, 0.05) is 30.8 Å². The molecule has 1 heterocycles. The number of anilines is 1. The van der Waals surface area contributed by atoms with Gasteiger partial charge in [0.05, 0.1) is 5.69 Å². The van der Waals surface area contributed by atoms with Crippen molar-refractivity contribution in [2.75, 3.05) is 4.90 Å². The zero-order valence-corrected chi connectivity index (χ0v) is 13.5. The Morgan fingerprint density at radius 3 is 1.95 bits per heavy atom. The van der Waals surface area contributed by atoms with Gasteiger partial charge in [0.15, 0.2) is 0 Å². The molecule has 2 heteroatoms. The second kappa shape index (κ2) is 5.97. The van der Waals surface area contributed by atoms with Crippen molar-refractivity contribution in [3.05, 3.63) is 53.6 Å². The molecule has 0 bridgehead atoms. The average Bonchev–Trinajstić information content (AvgIpc) is 2.48. The van der Waals surface area contributed by atoms with Crippen molar-refractivity contribution in [3.8, 4) is 0 Å². The van der Waals surface area contributed by atoms with Gasteiger partial charge in [0.25, 0.3) is 0 Å². The molecule has 3 rings (SSSR count). The number of hydrogen-bond acceptors (Lipinski definition) is 2. The molecule has 0 radical (unpaired) electrons. The molecule has 0 spiro atoms. The molecular weight excluding hydrogens is 256 g/mol. The fourth-order valence-electron chi connectivity index (χ4n) is 3.75. The van der Waals surface area contributed by atoms with Crippen molar-refractivity contribution in [1.82, 2.24) is 4.90 Å². The molecular formula is C19H26N2. The molecule has 1 fully saturated rings. The summed E-state index contributed by atoms with van der Waals surface area (Å²) in [6.45, 7) is 6.56. The SMILES string of the molecule is Cc1cc(C)c(N2C=CN(C3CCCCC3)C=C2)c(C)c1. The van der Waals surface area contributed by atoms with Crippen LogP contribution in [-0.4, -0.2) is 10.9 Å². The third-order valence-electron chi connectivity index (χ3n) is 4.69. The largest absolute Gasteiger partial charge is 0.348 e. The van der Waals surface area contributed by atoms with E-state index in [1.807, 2.05) is 0 Å². The standard InChI is InChI=1S/C19H26N2/c1-15-13-16(2)19(17(3)14-15)21-11-9-20(10-12-21)18-7-5-4-6-8-18/h9-14,18H,4-8H2,1-3H3. The lowest BCUT2D eigenvalue weighted by Gasteiger charge is -2.34. The molecule has 1 aliphatic carbocycles. The Balaban J connectivity index is 1.77. The monoisotopic (exact) mass is 282 g/mol. The highest BCUT2D eigenvalue weighted by molar-refractivity contribution is 5.64. The lowest BCUT2D eigenvalue weighted by Crippen LogP contribution is -2.31. The highest BCUT2D eigenvalue weighted by atomic mass is 15.2. The van der Waals surface area contributed by atoms with E-state index in [0.717, 1.165) is 0 Å². The van der Waals surface area contributed by atoms with Crippen molar-refractivity contribution in [3.63, 3.8) is 0 Å². The number of benzene rings is 1. The molecule has 0 saturated heterocycles. The molecule has 0 amide bonds. The lowest BCUT2D eigenvalue weighted by molar-refractivity contribution is 0.275. The van der Waals surface area contributed by atoms with Gasteiger partial charge in [0.2, 0.25) is 0 Å². The van der Waals surface area contributed by atoms with Gasteiger partial charge in [-0.2, -0.15) is 0 Å². The molecule has 1 aromatic carbocycles. The first kappa shape index (κ1) is 14.2. The van der Waals surface area contributed by atoms with Crippen molar-refractivity contribution in [2.24, 2.45) is 0 Å². The first-order chi connectivity index (χ1) is 10.1. The Kier molecular flexibility index (Phi) is 4.05. The van der Waals surface area contributed by atoms with Crippen molar-refractivity contribution < 1.29 is 0 Å². The quantitative estimate of drug-likeness (QED) is 0.752. The van der Waals surface area contributed by atoms with E-state index in [9.17, 15) is 0 Å². The minimum atomic E-state index is 0.702. The van der Waals surface area contributed by atoms with Crippen molar-refractivity contribution in [2.45, 2.75) is 58.9 Å². The molecule has 2 aliphatic rings. The number of hydrogen-bond donors (Lipinski definition) is 0. The third kappa shape index (κ3) is 2.99. The second-order valence-electron chi connectivity index (χ2n) is 6.49. The smallest absolute Gasteiger partial charge is 0.0509 e. The Hall–Kier alpha value is -1.70. The van der Waals surface area contributed by atoms with E-state index < -0.39 is 0 Å². The van der Waals surface area contributed by atoms with Gasteiger partial charge < -0.3 is 9.80 Å². The second-order valence-corrected chi connectivity index (χ2v) is 6.49. The molecule has 0 aromatic heterocycles. The topological polar surface area (TPSA) is 6.48 Å². The van der Waals surface area contributed by atoms with Crippen LogP contribution in [-0.2, 0) is 0 Å². The predicted octanol–water partition coefficient (Wildman–Crippen LogP) is 5.01. The van der Waals surface area contributed by atoms with Crippen LogP contribution in [0.2, 0.25) is 0 Å². The minimum absolute atomic E-state index is 0.702. The molecule has 1 aliphatic heterocycles. The number of nitrogens with zero attached hydrogens (tertiary/aromatic N) is 2. The van der Waals surface area contributed by atoms with Crippen LogP contribution in [0.5, 0.6) is 0 Å². The van der Waals surface area contributed by atoms with Crippen LogP contribution in [0.15, 0.2) is 36.9 Å². The fourth-order valence-corrected chi connectivity index (χ4v) is 3.75. The van der Waals surface area contributed by atoms with E-state index in [2.05, 4.69) is 67.5 Å². The summed E-state index contributed by atoms with van der Waals surface area (Å²) >= 11 is 0. The van der Waals surface area contributed by atoms with Gasteiger partial charge in [-0.05, 0) is 44.7 Å². The normalized spacial score (nSPS) is 19.4. The van der Waals surface area contributed by atoms with Gasteiger partial charge in [-0.1, -0.05) is 37.0 Å². The average molecular weight is 282 g/mol. The molecule has 1 aromatic rings. The van der Waals surface area contributed by atoms with Gasteiger partial charge in [-0.3, -0.25) is 0 Å². The molecule has 2 nitrogen and oxygen atoms in total. The first-order valence-corrected chi connectivity index (χ1v) is 8.15. The van der Waals surface area contributed by atoms with Crippen LogP contribution in [0.25, 0.3) is 0 Å². The summed E-state index contributed by atoms with van der Waals surface area (Å²) < 4.78 is 0. The van der Waals surface area contributed by atoms with E-state index in [-0.39, 0.29) is 0 Å². The third-order valence-corrected chi connectivity index (χ3v) is 4.69. The van der Waals surface area contributed by atoms with Gasteiger partial charge >= 0.3 is 0 Å². The van der Waals surface area contributed by atoms with Gasteiger partial charge in [-0.25, -0.2) is 0 Å². The van der Waals surface area contributed by atoms with Crippen LogP contribution in [0, 0.1) is 20.8 Å². The van der Waals surface area contributed by atoms with Gasteiger partial charge in [-0.15, -0.1) is 0 Å². The fraction of sp³-hybridized carbons (Fsp3) is 0.474. The van der Waals surface area contributed by atoms with Crippen LogP contribution in [0.1, 0.15) is 48.8 Å². The van der Waals surface area contributed by atoms with Gasteiger partial charge in [0.1, 0.15) is 0 Å². The van der Waals surface area contributed by atoms with E-state index in [1.54, 1.807) is 0 Å². The van der Waals surface area contributed by atoms with E-state index in [0.29, 0.717) is 6.04 Å². The Labute approximate surface area is 128 Å². The summed E-state index contributed by atoms with van der Waals surface area (Å²) in [5.74, 6) is 0. The molecule has 0 atom stereocenters. The highest BCUT2D eigenvalue weighted by Gasteiger charge is 2.19. The maximum Gasteiger partial charge on any atom is 0.0509 e. The highest BCUT2D eigenvalue weighted by Crippen LogP contribution is 2.30. The van der Waals surface area contributed by atoms with Crippen molar-refractivity contribution in [1.29, 1.82) is 0 Å². The first-order valence-electron chi connectivity index (χ1n) is 8.15. The van der Waals surface area contributed by atoms with E-state index >= 15 is 0 Å². The number of aryl methyl sites for hydroxylation is 3. The van der Waals surface area contributed by atoms with Crippen LogP contribution in [0.3, 0.4) is 0 Å². The molecule has 1 saturated carbocycles. The Morgan fingerprint density at radius 1 is 0.810 bits per heavy atom.